The van der Waals surface area contributed by atoms with Gasteiger partial charge in [-0.25, -0.2) is 4.98 Å². The van der Waals surface area contributed by atoms with E-state index in [4.69, 9.17) is 9.72 Å². The van der Waals surface area contributed by atoms with Crippen molar-refractivity contribution < 1.29 is 14.3 Å². The summed E-state index contributed by atoms with van der Waals surface area (Å²) in [5.41, 5.74) is 1.83. The Morgan fingerprint density at radius 2 is 1.83 bits per heavy atom. The Hall–Kier alpha value is -3.04. The summed E-state index contributed by atoms with van der Waals surface area (Å²) < 4.78 is 5.64. The minimum atomic E-state index is -0.0597. The minimum Gasteiger partial charge on any atom is -0.484 e. The number of thiophene rings is 1. The van der Waals surface area contributed by atoms with Crippen molar-refractivity contribution in [1.82, 2.24) is 19.8 Å². The van der Waals surface area contributed by atoms with E-state index in [-0.39, 0.29) is 23.9 Å². The Balaban J connectivity index is 1.13. The number of benzene rings is 1. The number of amides is 1. The highest BCUT2D eigenvalue weighted by Crippen LogP contribution is 2.33. The van der Waals surface area contributed by atoms with Crippen LogP contribution in [0.25, 0.3) is 10.2 Å². The number of ketones is 1. The molecule has 0 radical (unpaired) electrons. The Labute approximate surface area is 207 Å². The van der Waals surface area contributed by atoms with Gasteiger partial charge in [0.2, 0.25) is 0 Å². The highest BCUT2D eigenvalue weighted by molar-refractivity contribution is 7.18. The maximum absolute atomic E-state index is 12.8. The summed E-state index contributed by atoms with van der Waals surface area (Å²) >= 11 is 1.67. The highest BCUT2D eigenvalue weighted by Gasteiger charge is 2.24. The van der Waals surface area contributed by atoms with Crippen LogP contribution in [0.5, 0.6) is 5.75 Å². The number of carbonyl (C=O) groups is 2. The lowest BCUT2D eigenvalue weighted by molar-refractivity contribution is -0.135. The SMILES string of the molecule is CCC(=O)c1ccc(OCC(=O)N2CCN(Cc3nc4sc5c(c4c(=O)[nH]3)CCCC5)CC2)cc1. The maximum atomic E-state index is 12.8. The Morgan fingerprint density at radius 1 is 1.09 bits per heavy atom. The fourth-order valence-corrected chi connectivity index (χ4v) is 6.11. The van der Waals surface area contributed by atoms with E-state index >= 15 is 0 Å². The van der Waals surface area contributed by atoms with Crippen molar-refractivity contribution in [3.05, 3.63) is 56.4 Å². The Morgan fingerprint density at radius 3 is 2.57 bits per heavy atom. The third kappa shape index (κ3) is 5.16. The van der Waals surface area contributed by atoms with Gasteiger partial charge in [-0.3, -0.25) is 19.3 Å². The van der Waals surface area contributed by atoms with Crippen LogP contribution in [0.15, 0.2) is 29.1 Å². The van der Waals surface area contributed by atoms with Crippen LogP contribution in [0.4, 0.5) is 0 Å². The number of aryl methyl sites for hydroxylation is 2. The molecule has 9 heteroatoms. The third-order valence-electron chi connectivity index (χ3n) is 6.83. The summed E-state index contributed by atoms with van der Waals surface area (Å²) in [7, 11) is 0. The number of aromatic nitrogens is 2. The van der Waals surface area contributed by atoms with Gasteiger partial charge >= 0.3 is 0 Å². The number of ether oxygens (including phenoxy) is 1. The first-order chi connectivity index (χ1) is 17.0. The first-order valence-electron chi connectivity index (χ1n) is 12.3. The fourth-order valence-electron chi connectivity index (χ4n) is 4.83. The highest BCUT2D eigenvalue weighted by atomic mass is 32.1. The van der Waals surface area contributed by atoms with Crippen LogP contribution in [0, 0.1) is 0 Å². The topological polar surface area (TPSA) is 95.6 Å². The van der Waals surface area contributed by atoms with Crippen molar-refractivity contribution in [3.63, 3.8) is 0 Å². The number of hydrogen-bond acceptors (Lipinski definition) is 7. The van der Waals surface area contributed by atoms with Gasteiger partial charge in [0.05, 0.1) is 11.9 Å². The minimum absolute atomic E-state index is 0.0255. The molecule has 1 fully saturated rings. The lowest BCUT2D eigenvalue weighted by Crippen LogP contribution is -2.49. The van der Waals surface area contributed by atoms with Crippen molar-refractivity contribution in [2.45, 2.75) is 45.6 Å². The number of fused-ring (bicyclic) bond motifs is 3. The summed E-state index contributed by atoms with van der Waals surface area (Å²) in [6.45, 7) is 4.99. The van der Waals surface area contributed by atoms with Crippen molar-refractivity contribution in [3.8, 4) is 5.75 Å². The van der Waals surface area contributed by atoms with E-state index in [2.05, 4.69) is 9.88 Å². The van der Waals surface area contributed by atoms with E-state index in [1.807, 2.05) is 6.92 Å². The number of rotatable bonds is 7. The molecule has 184 valence electrons. The van der Waals surface area contributed by atoms with Gasteiger partial charge in [-0.2, -0.15) is 0 Å². The van der Waals surface area contributed by atoms with E-state index in [9.17, 15) is 14.4 Å². The molecular formula is C26H30N4O4S. The first kappa shape index (κ1) is 23.7. The molecule has 3 aromatic rings. The van der Waals surface area contributed by atoms with E-state index in [0.29, 0.717) is 56.3 Å². The van der Waals surface area contributed by atoms with Gasteiger partial charge in [0, 0.05) is 43.0 Å². The molecule has 1 aliphatic heterocycles. The van der Waals surface area contributed by atoms with Crippen molar-refractivity contribution in [1.29, 1.82) is 0 Å². The molecule has 2 aliphatic rings. The van der Waals surface area contributed by atoms with Crippen LogP contribution in [-0.4, -0.2) is 64.2 Å². The number of H-pyrrole nitrogens is 1. The molecule has 1 aliphatic carbocycles. The quantitative estimate of drug-likeness (QED) is 0.507. The number of aromatic amines is 1. The molecule has 0 saturated carbocycles. The second-order valence-electron chi connectivity index (χ2n) is 9.15. The van der Waals surface area contributed by atoms with Crippen molar-refractivity contribution >= 4 is 33.2 Å². The summed E-state index contributed by atoms with van der Waals surface area (Å²) in [4.78, 5) is 51.1. The molecule has 0 unspecified atom stereocenters. The van der Waals surface area contributed by atoms with Gasteiger partial charge in [0.25, 0.3) is 11.5 Å². The van der Waals surface area contributed by atoms with Gasteiger partial charge in [-0.05, 0) is 55.5 Å². The second-order valence-corrected chi connectivity index (χ2v) is 10.2. The lowest BCUT2D eigenvalue weighted by atomic mass is 9.97. The van der Waals surface area contributed by atoms with E-state index in [1.165, 1.54) is 16.9 Å². The van der Waals surface area contributed by atoms with E-state index in [0.717, 1.165) is 29.5 Å². The van der Waals surface area contributed by atoms with Gasteiger partial charge < -0.3 is 14.6 Å². The normalized spacial score (nSPS) is 16.3. The van der Waals surface area contributed by atoms with Crippen LogP contribution in [0.3, 0.4) is 0 Å². The molecular weight excluding hydrogens is 464 g/mol. The molecule has 5 rings (SSSR count). The maximum Gasteiger partial charge on any atom is 0.260 e. The smallest absolute Gasteiger partial charge is 0.260 e. The molecule has 1 saturated heterocycles. The molecule has 0 atom stereocenters. The molecule has 1 N–H and O–H groups in total. The monoisotopic (exact) mass is 494 g/mol. The number of nitrogens with zero attached hydrogens (tertiary/aromatic N) is 3. The third-order valence-corrected chi connectivity index (χ3v) is 8.02. The zero-order chi connectivity index (χ0) is 24.4. The average Bonchev–Trinajstić information content (AvgIpc) is 3.26. The fraction of sp³-hybridized carbons (Fsp3) is 0.462. The van der Waals surface area contributed by atoms with Crippen LogP contribution < -0.4 is 10.3 Å². The molecule has 3 heterocycles. The molecule has 0 spiro atoms. The zero-order valence-electron chi connectivity index (χ0n) is 20.0. The predicted octanol–water partition coefficient (Wildman–Crippen LogP) is 3.18. The van der Waals surface area contributed by atoms with E-state index in [1.54, 1.807) is 40.5 Å². The number of piperazine rings is 1. The second kappa shape index (κ2) is 10.3. The van der Waals surface area contributed by atoms with Gasteiger partial charge in [0.15, 0.2) is 12.4 Å². The van der Waals surface area contributed by atoms with Crippen molar-refractivity contribution in [2.75, 3.05) is 32.8 Å². The molecule has 1 amide bonds. The lowest BCUT2D eigenvalue weighted by Gasteiger charge is -2.34. The first-order valence-corrected chi connectivity index (χ1v) is 13.1. The van der Waals surface area contributed by atoms with Crippen LogP contribution in [0.1, 0.15) is 52.8 Å². The summed E-state index contributed by atoms with van der Waals surface area (Å²) in [6, 6.07) is 6.91. The van der Waals surface area contributed by atoms with Crippen LogP contribution >= 0.6 is 11.3 Å². The van der Waals surface area contributed by atoms with Crippen LogP contribution in [-0.2, 0) is 24.2 Å². The summed E-state index contributed by atoms with van der Waals surface area (Å²) in [6.07, 6.45) is 4.81. The van der Waals surface area contributed by atoms with Gasteiger partial charge in [-0.15, -0.1) is 11.3 Å². The number of Topliss-reactive ketones (excluding diaryl/α,β-unsaturated/α-hetero) is 1. The Kier molecular flexibility index (Phi) is 6.97. The largest absolute Gasteiger partial charge is 0.484 e. The number of hydrogen-bond donors (Lipinski definition) is 1. The Bertz CT molecular complexity index is 1290. The standard InChI is InChI=1S/C26H30N4O4S/c1-2-20(31)17-7-9-18(10-8-17)34-16-23(32)30-13-11-29(12-14-30)15-22-27-25(33)24-19-5-3-4-6-21(19)35-26(24)28-22/h7-10H,2-6,11-16H2,1H3,(H,27,28,33). The van der Waals surface area contributed by atoms with E-state index < -0.39 is 0 Å². The molecule has 2 aromatic heterocycles. The molecule has 8 nitrogen and oxygen atoms in total. The number of nitrogens with one attached hydrogen (secondary N) is 1. The average molecular weight is 495 g/mol. The number of carbonyl (C=O) groups excluding carboxylic acids is 2. The molecule has 0 bridgehead atoms. The van der Waals surface area contributed by atoms with Gasteiger partial charge in [-0.1, -0.05) is 6.92 Å². The summed E-state index contributed by atoms with van der Waals surface area (Å²) in [5, 5.41) is 0.787. The van der Waals surface area contributed by atoms with Gasteiger partial charge in [0.1, 0.15) is 16.4 Å². The van der Waals surface area contributed by atoms with Crippen molar-refractivity contribution in [2.24, 2.45) is 0 Å². The molecule has 1 aromatic carbocycles. The predicted molar refractivity (Wildman–Crippen MR) is 135 cm³/mol. The zero-order valence-corrected chi connectivity index (χ0v) is 20.8. The summed E-state index contributed by atoms with van der Waals surface area (Å²) in [5.74, 6) is 1.29. The van der Waals surface area contributed by atoms with Crippen LogP contribution in [0.2, 0.25) is 0 Å². The molecule has 35 heavy (non-hydrogen) atoms.